The van der Waals surface area contributed by atoms with Crippen molar-refractivity contribution < 1.29 is 22.9 Å². The average molecular weight is 403 g/mol. The van der Waals surface area contributed by atoms with E-state index < -0.39 is 11.7 Å². The molecule has 0 spiro atoms. The third kappa shape index (κ3) is 5.06. The maximum atomic E-state index is 12.9. The lowest BCUT2D eigenvalue weighted by Crippen LogP contribution is -3.19. The number of piperazine rings is 1. The van der Waals surface area contributed by atoms with Gasteiger partial charge in [-0.1, -0.05) is 6.07 Å². The highest BCUT2D eigenvalue weighted by atomic mass is 19.4. The van der Waals surface area contributed by atoms with Crippen molar-refractivity contribution in [3.05, 3.63) is 59.7 Å². The number of hydrogen-bond donors (Lipinski definition) is 2. The zero-order chi connectivity index (χ0) is 21.0. The van der Waals surface area contributed by atoms with Crippen molar-refractivity contribution in [2.45, 2.75) is 19.1 Å². The van der Waals surface area contributed by atoms with E-state index in [0.717, 1.165) is 11.0 Å². The molecule has 29 heavy (non-hydrogen) atoms. The topological polar surface area (TPSA) is 60.6 Å². The number of alkyl halides is 3. The minimum absolute atomic E-state index is 0.128. The molecule has 1 fully saturated rings. The van der Waals surface area contributed by atoms with Gasteiger partial charge in [0.05, 0.1) is 43.4 Å². The van der Waals surface area contributed by atoms with Crippen molar-refractivity contribution in [2.24, 2.45) is 0 Å². The van der Waals surface area contributed by atoms with Gasteiger partial charge in [0.2, 0.25) is 0 Å². The first-order chi connectivity index (χ1) is 13.8. The molecule has 0 radical (unpaired) electrons. The number of nitriles is 1. The van der Waals surface area contributed by atoms with E-state index >= 15 is 0 Å². The van der Waals surface area contributed by atoms with Gasteiger partial charge in [-0.15, -0.1) is 0 Å². The molecular weight excluding hydrogens is 381 g/mol. The quantitative estimate of drug-likeness (QED) is 0.824. The lowest BCUT2D eigenvalue weighted by molar-refractivity contribution is -0.914. The average Bonchev–Trinajstić information content (AvgIpc) is 2.73. The van der Waals surface area contributed by atoms with Crippen molar-refractivity contribution in [2.75, 3.05) is 36.4 Å². The molecule has 1 atom stereocenters. The fourth-order valence-corrected chi connectivity index (χ4v) is 3.43. The Hall–Kier alpha value is -3.05. The summed E-state index contributed by atoms with van der Waals surface area (Å²) >= 11 is 0. The molecule has 1 amide bonds. The monoisotopic (exact) mass is 403 g/mol. The van der Waals surface area contributed by atoms with E-state index in [1.54, 1.807) is 30.3 Å². The number of quaternary nitrogens is 1. The molecule has 0 aliphatic carbocycles. The number of carbonyl (C=O) groups excluding carboxylic acids is 1. The summed E-state index contributed by atoms with van der Waals surface area (Å²) in [7, 11) is 0. The fourth-order valence-electron chi connectivity index (χ4n) is 3.43. The van der Waals surface area contributed by atoms with Crippen LogP contribution in [-0.2, 0) is 11.0 Å². The molecule has 1 aliphatic heterocycles. The molecule has 152 valence electrons. The van der Waals surface area contributed by atoms with Crippen molar-refractivity contribution >= 4 is 17.3 Å². The minimum Gasteiger partial charge on any atom is -0.360 e. The van der Waals surface area contributed by atoms with Crippen LogP contribution in [0.3, 0.4) is 0 Å². The third-order valence-electron chi connectivity index (χ3n) is 5.23. The number of nitrogens with zero attached hydrogens (tertiary/aromatic N) is 2. The molecule has 1 saturated heterocycles. The van der Waals surface area contributed by atoms with Gasteiger partial charge in [0.25, 0.3) is 5.91 Å². The normalized spacial score (nSPS) is 16.2. The zero-order valence-corrected chi connectivity index (χ0v) is 16.0. The largest absolute Gasteiger partial charge is 0.416 e. The van der Waals surface area contributed by atoms with Crippen LogP contribution in [0.25, 0.3) is 0 Å². The standard InChI is InChI=1S/C21H21F3N4O/c1-15(20(29)26-18-7-5-16(14-25)6-8-18)27-9-11-28(12-10-27)19-4-2-3-17(13-19)21(22,23)24/h2-8,13,15H,9-12H2,1H3,(H,26,29)/p+1/t15-/m1/s1. The van der Waals surface area contributed by atoms with Crippen molar-refractivity contribution in [3.63, 3.8) is 0 Å². The van der Waals surface area contributed by atoms with Gasteiger partial charge in [-0.2, -0.15) is 18.4 Å². The predicted molar refractivity (Wildman–Crippen MR) is 104 cm³/mol. The molecule has 2 aromatic carbocycles. The third-order valence-corrected chi connectivity index (χ3v) is 5.23. The molecule has 5 nitrogen and oxygen atoms in total. The fraction of sp³-hybridized carbons (Fsp3) is 0.333. The van der Waals surface area contributed by atoms with Crippen molar-refractivity contribution in [1.82, 2.24) is 0 Å². The summed E-state index contributed by atoms with van der Waals surface area (Å²) in [5.74, 6) is -0.128. The molecule has 2 aromatic rings. The molecule has 2 N–H and O–H groups in total. The highest BCUT2D eigenvalue weighted by Crippen LogP contribution is 2.31. The molecule has 0 bridgehead atoms. The van der Waals surface area contributed by atoms with Crippen molar-refractivity contribution in [1.29, 1.82) is 5.26 Å². The van der Waals surface area contributed by atoms with Crippen LogP contribution in [0.1, 0.15) is 18.1 Å². The number of halogens is 3. The van der Waals surface area contributed by atoms with Gasteiger partial charge in [0.15, 0.2) is 6.04 Å². The van der Waals surface area contributed by atoms with E-state index in [0.29, 0.717) is 43.1 Å². The van der Waals surface area contributed by atoms with Gasteiger partial charge in [0.1, 0.15) is 0 Å². The summed E-state index contributed by atoms with van der Waals surface area (Å²) < 4.78 is 38.8. The summed E-state index contributed by atoms with van der Waals surface area (Å²) in [4.78, 5) is 15.5. The zero-order valence-electron chi connectivity index (χ0n) is 16.0. The molecule has 0 saturated carbocycles. The minimum atomic E-state index is -4.36. The maximum absolute atomic E-state index is 12.9. The Bertz CT molecular complexity index is 897. The molecule has 1 aliphatic rings. The number of anilines is 2. The Kier molecular flexibility index (Phi) is 6.09. The molecular formula is C21H22F3N4O+. The van der Waals surface area contributed by atoms with Crippen LogP contribution in [0.5, 0.6) is 0 Å². The Morgan fingerprint density at radius 2 is 1.83 bits per heavy atom. The summed E-state index contributed by atoms with van der Waals surface area (Å²) in [5, 5.41) is 11.7. The number of amides is 1. The van der Waals surface area contributed by atoms with Crippen LogP contribution in [0.2, 0.25) is 0 Å². The molecule has 1 heterocycles. The van der Waals surface area contributed by atoms with Crippen molar-refractivity contribution in [3.8, 4) is 6.07 Å². The Morgan fingerprint density at radius 3 is 2.41 bits per heavy atom. The van der Waals surface area contributed by atoms with Gasteiger partial charge in [0, 0.05) is 11.4 Å². The summed E-state index contributed by atoms with van der Waals surface area (Å²) in [6.07, 6.45) is -4.36. The highest BCUT2D eigenvalue weighted by Gasteiger charge is 2.32. The van der Waals surface area contributed by atoms with Gasteiger partial charge in [-0.25, -0.2) is 0 Å². The molecule has 8 heteroatoms. The summed E-state index contributed by atoms with van der Waals surface area (Å²) in [6.45, 7) is 4.29. The summed E-state index contributed by atoms with van der Waals surface area (Å²) in [6, 6.07) is 13.7. The first-order valence-corrected chi connectivity index (χ1v) is 9.36. The van der Waals surface area contributed by atoms with E-state index in [1.807, 2.05) is 17.9 Å². The molecule has 0 unspecified atom stereocenters. The number of benzene rings is 2. The number of rotatable bonds is 4. The Balaban J connectivity index is 1.57. The second kappa shape index (κ2) is 8.53. The Labute approximate surface area is 167 Å². The van der Waals surface area contributed by atoms with E-state index in [1.165, 1.54) is 12.1 Å². The number of nitrogens with one attached hydrogen (secondary N) is 2. The van der Waals surface area contributed by atoms with E-state index in [4.69, 9.17) is 5.26 Å². The first kappa shape index (κ1) is 20.7. The number of carbonyl (C=O) groups is 1. The molecule has 0 aromatic heterocycles. The lowest BCUT2D eigenvalue weighted by atomic mass is 10.1. The highest BCUT2D eigenvalue weighted by molar-refractivity contribution is 5.93. The van der Waals surface area contributed by atoms with Crippen LogP contribution in [-0.4, -0.2) is 38.1 Å². The van der Waals surface area contributed by atoms with Crippen LogP contribution in [0, 0.1) is 11.3 Å². The smallest absolute Gasteiger partial charge is 0.360 e. The predicted octanol–water partition coefficient (Wildman–Crippen LogP) is 2.31. The lowest BCUT2D eigenvalue weighted by Gasteiger charge is -2.36. The van der Waals surface area contributed by atoms with Gasteiger partial charge < -0.3 is 15.1 Å². The van der Waals surface area contributed by atoms with Crippen LogP contribution in [0.15, 0.2) is 48.5 Å². The van der Waals surface area contributed by atoms with E-state index in [9.17, 15) is 18.0 Å². The van der Waals surface area contributed by atoms with Gasteiger partial charge >= 0.3 is 6.18 Å². The van der Waals surface area contributed by atoms with Crippen LogP contribution < -0.4 is 15.1 Å². The number of hydrogen-bond acceptors (Lipinski definition) is 3. The van der Waals surface area contributed by atoms with E-state index in [2.05, 4.69) is 5.32 Å². The second-order valence-electron chi connectivity index (χ2n) is 7.09. The van der Waals surface area contributed by atoms with Crippen LogP contribution in [0.4, 0.5) is 24.5 Å². The van der Waals surface area contributed by atoms with Crippen LogP contribution >= 0.6 is 0 Å². The van der Waals surface area contributed by atoms with Gasteiger partial charge in [-0.3, -0.25) is 4.79 Å². The maximum Gasteiger partial charge on any atom is 0.416 e. The Morgan fingerprint density at radius 1 is 1.17 bits per heavy atom. The van der Waals surface area contributed by atoms with Gasteiger partial charge in [-0.05, 0) is 49.4 Å². The first-order valence-electron chi connectivity index (χ1n) is 9.36. The van der Waals surface area contributed by atoms with E-state index in [-0.39, 0.29) is 11.9 Å². The SMILES string of the molecule is C[C@H](C(=O)Nc1ccc(C#N)cc1)[NH+]1CCN(c2cccc(C(F)(F)F)c2)CC1. The molecule has 3 rings (SSSR count). The summed E-state index contributed by atoms with van der Waals surface area (Å²) in [5.41, 5.74) is 1.05. The second-order valence-corrected chi connectivity index (χ2v) is 7.09.